The molecule has 0 spiro atoms. The summed E-state index contributed by atoms with van der Waals surface area (Å²) < 4.78 is 15.0. The number of imidazole rings is 1. The first kappa shape index (κ1) is 20.1. The molecular weight excluding hydrogens is 383 g/mol. The maximum absolute atomic E-state index is 13.1. The van der Waals surface area contributed by atoms with Gasteiger partial charge in [-0.3, -0.25) is 9.59 Å². The number of hydrogen-bond acceptors (Lipinski definition) is 3. The quantitative estimate of drug-likeness (QED) is 0.703. The number of nitrogens with zero attached hydrogens (tertiary/aromatic N) is 3. The maximum Gasteiger partial charge on any atom is 0.251 e. The number of amides is 2. The van der Waals surface area contributed by atoms with Gasteiger partial charge in [-0.15, -0.1) is 0 Å². The zero-order valence-electron chi connectivity index (χ0n) is 16.8. The molecule has 0 saturated carbocycles. The number of benzene rings is 2. The molecule has 156 valence electrons. The first-order valence-corrected chi connectivity index (χ1v) is 10.4. The highest BCUT2D eigenvalue weighted by Gasteiger charge is 2.19. The summed E-state index contributed by atoms with van der Waals surface area (Å²) in [5.74, 6) is -0.00573. The van der Waals surface area contributed by atoms with Crippen molar-refractivity contribution in [3.8, 4) is 0 Å². The van der Waals surface area contributed by atoms with Crippen molar-refractivity contribution in [2.24, 2.45) is 0 Å². The molecule has 1 aromatic heterocycles. The highest BCUT2D eigenvalue weighted by Crippen LogP contribution is 2.18. The molecule has 4 rings (SSSR count). The van der Waals surface area contributed by atoms with E-state index in [9.17, 15) is 14.0 Å². The van der Waals surface area contributed by atoms with Gasteiger partial charge in [0.15, 0.2) is 0 Å². The van der Waals surface area contributed by atoms with Gasteiger partial charge in [-0.2, -0.15) is 0 Å². The second-order valence-electron chi connectivity index (χ2n) is 7.59. The lowest BCUT2D eigenvalue weighted by molar-refractivity contribution is -0.131. The lowest BCUT2D eigenvalue weighted by Crippen LogP contribution is -2.35. The van der Waals surface area contributed by atoms with Crippen LogP contribution in [0.3, 0.4) is 0 Å². The van der Waals surface area contributed by atoms with Crippen molar-refractivity contribution in [2.45, 2.75) is 38.8 Å². The van der Waals surface area contributed by atoms with Gasteiger partial charge in [0, 0.05) is 18.7 Å². The molecule has 3 aromatic rings. The fourth-order valence-corrected chi connectivity index (χ4v) is 3.85. The van der Waals surface area contributed by atoms with Crippen LogP contribution in [-0.2, 0) is 17.9 Å². The monoisotopic (exact) mass is 408 g/mol. The molecule has 2 heterocycles. The normalized spacial score (nSPS) is 14.5. The SMILES string of the molecule is O=C(NCc1nc2ccccc2n1CC(=O)N1CCCCCC1)c1ccc(F)cc1. The largest absolute Gasteiger partial charge is 0.345 e. The molecule has 0 unspecified atom stereocenters. The summed E-state index contributed by atoms with van der Waals surface area (Å²) in [5, 5.41) is 2.83. The fourth-order valence-electron chi connectivity index (χ4n) is 3.85. The molecule has 2 amide bonds. The van der Waals surface area contributed by atoms with Gasteiger partial charge in [-0.1, -0.05) is 25.0 Å². The van der Waals surface area contributed by atoms with Crippen molar-refractivity contribution in [1.82, 2.24) is 19.8 Å². The topological polar surface area (TPSA) is 67.2 Å². The van der Waals surface area contributed by atoms with E-state index >= 15 is 0 Å². The minimum Gasteiger partial charge on any atom is -0.345 e. The van der Waals surface area contributed by atoms with E-state index in [1.807, 2.05) is 33.7 Å². The summed E-state index contributed by atoms with van der Waals surface area (Å²) >= 11 is 0. The lowest BCUT2D eigenvalue weighted by atomic mass is 10.2. The number of likely N-dealkylation sites (tertiary alicyclic amines) is 1. The van der Waals surface area contributed by atoms with Crippen LogP contribution < -0.4 is 5.32 Å². The first-order valence-electron chi connectivity index (χ1n) is 10.4. The molecule has 0 bridgehead atoms. The number of aromatic nitrogens is 2. The summed E-state index contributed by atoms with van der Waals surface area (Å²) in [7, 11) is 0. The van der Waals surface area contributed by atoms with E-state index in [2.05, 4.69) is 10.3 Å². The molecule has 2 aromatic carbocycles. The molecule has 1 N–H and O–H groups in total. The Kier molecular flexibility index (Phi) is 6.07. The van der Waals surface area contributed by atoms with Crippen LogP contribution in [0.15, 0.2) is 48.5 Å². The fraction of sp³-hybridized carbons (Fsp3) is 0.348. The second kappa shape index (κ2) is 9.07. The number of fused-ring (bicyclic) bond motifs is 1. The Morgan fingerprint density at radius 2 is 1.67 bits per heavy atom. The Bertz CT molecular complexity index is 1040. The van der Waals surface area contributed by atoms with Crippen LogP contribution >= 0.6 is 0 Å². The third-order valence-corrected chi connectivity index (χ3v) is 5.50. The van der Waals surface area contributed by atoms with E-state index < -0.39 is 0 Å². The molecule has 1 aliphatic rings. The van der Waals surface area contributed by atoms with E-state index in [4.69, 9.17) is 0 Å². The maximum atomic E-state index is 13.1. The van der Waals surface area contributed by atoms with Crippen molar-refractivity contribution >= 4 is 22.8 Å². The van der Waals surface area contributed by atoms with E-state index in [1.165, 1.54) is 37.1 Å². The van der Waals surface area contributed by atoms with Gasteiger partial charge in [0.25, 0.3) is 5.91 Å². The van der Waals surface area contributed by atoms with Crippen LogP contribution in [-0.4, -0.2) is 39.4 Å². The molecule has 0 aliphatic carbocycles. The van der Waals surface area contributed by atoms with Gasteiger partial charge in [-0.05, 0) is 49.2 Å². The average Bonchev–Trinajstić information content (AvgIpc) is 2.92. The standard InChI is InChI=1S/C23H25FN4O2/c24-18-11-9-17(10-12-18)23(30)25-15-21-26-19-7-3-4-8-20(19)28(21)16-22(29)27-13-5-1-2-6-14-27/h3-4,7-12H,1-2,5-6,13-16H2,(H,25,30). The number of rotatable bonds is 5. The smallest absolute Gasteiger partial charge is 0.251 e. The van der Waals surface area contributed by atoms with E-state index in [0.29, 0.717) is 11.4 Å². The highest BCUT2D eigenvalue weighted by atomic mass is 19.1. The third-order valence-electron chi connectivity index (χ3n) is 5.50. The van der Waals surface area contributed by atoms with E-state index in [0.717, 1.165) is 37.0 Å². The van der Waals surface area contributed by atoms with Crippen LogP contribution in [0.2, 0.25) is 0 Å². The Hall–Kier alpha value is -3.22. The van der Waals surface area contributed by atoms with Crippen LogP contribution in [0.5, 0.6) is 0 Å². The number of hydrogen-bond donors (Lipinski definition) is 1. The molecule has 0 radical (unpaired) electrons. The van der Waals surface area contributed by atoms with Crippen LogP contribution in [0.25, 0.3) is 11.0 Å². The molecule has 7 heteroatoms. The van der Waals surface area contributed by atoms with Gasteiger partial charge >= 0.3 is 0 Å². The Balaban J connectivity index is 1.53. The second-order valence-corrected chi connectivity index (χ2v) is 7.59. The zero-order chi connectivity index (χ0) is 20.9. The summed E-state index contributed by atoms with van der Waals surface area (Å²) in [4.78, 5) is 31.9. The highest BCUT2D eigenvalue weighted by molar-refractivity contribution is 5.94. The van der Waals surface area contributed by atoms with Crippen molar-refractivity contribution in [2.75, 3.05) is 13.1 Å². The molecule has 30 heavy (non-hydrogen) atoms. The number of carbonyl (C=O) groups excluding carboxylic acids is 2. The molecule has 1 saturated heterocycles. The minimum absolute atomic E-state index is 0.0752. The van der Waals surface area contributed by atoms with Crippen molar-refractivity contribution in [3.05, 3.63) is 65.7 Å². The number of para-hydroxylation sites is 2. The molecule has 6 nitrogen and oxygen atoms in total. The number of carbonyl (C=O) groups is 2. The van der Waals surface area contributed by atoms with Crippen LogP contribution in [0.1, 0.15) is 41.9 Å². The van der Waals surface area contributed by atoms with Gasteiger partial charge in [0.2, 0.25) is 5.91 Å². The Morgan fingerprint density at radius 3 is 2.40 bits per heavy atom. The van der Waals surface area contributed by atoms with Gasteiger partial charge in [0.05, 0.1) is 17.6 Å². The van der Waals surface area contributed by atoms with Gasteiger partial charge in [-0.25, -0.2) is 9.37 Å². The average molecular weight is 408 g/mol. The van der Waals surface area contributed by atoms with Crippen molar-refractivity contribution in [3.63, 3.8) is 0 Å². The van der Waals surface area contributed by atoms with Gasteiger partial charge < -0.3 is 14.8 Å². The van der Waals surface area contributed by atoms with Gasteiger partial charge in [0.1, 0.15) is 18.2 Å². The summed E-state index contributed by atoms with van der Waals surface area (Å²) in [6, 6.07) is 13.0. The summed E-state index contributed by atoms with van der Waals surface area (Å²) in [6.45, 7) is 1.96. The van der Waals surface area contributed by atoms with E-state index in [1.54, 1.807) is 0 Å². The van der Waals surface area contributed by atoms with Crippen molar-refractivity contribution < 1.29 is 14.0 Å². The summed E-state index contributed by atoms with van der Waals surface area (Å²) in [6.07, 6.45) is 4.41. The summed E-state index contributed by atoms with van der Waals surface area (Å²) in [5.41, 5.74) is 2.03. The van der Waals surface area contributed by atoms with Crippen molar-refractivity contribution in [1.29, 1.82) is 0 Å². The first-order chi connectivity index (χ1) is 14.6. The molecular formula is C23H25FN4O2. The molecule has 1 aliphatic heterocycles. The number of nitrogens with one attached hydrogen (secondary N) is 1. The van der Waals surface area contributed by atoms with Crippen LogP contribution in [0.4, 0.5) is 4.39 Å². The number of halogens is 1. The van der Waals surface area contributed by atoms with E-state index in [-0.39, 0.29) is 30.7 Å². The molecule has 0 atom stereocenters. The lowest BCUT2D eigenvalue weighted by Gasteiger charge is -2.21. The third kappa shape index (κ3) is 4.50. The Labute approximate surface area is 174 Å². The zero-order valence-corrected chi connectivity index (χ0v) is 16.8. The minimum atomic E-state index is -0.389. The van der Waals surface area contributed by atoms with Crippen LogP contribution in [0, 0.1) is 5.82 Å². The predicted octanol–water partition coefficient (Wildman–Crippen LogP) is 3.51. The predicted molar refractivity (Wildman–Crippen MR) is 112 cm³/mol. The Morgan fingerprint density at radius 1 is 0.967 bits per heavy atom. The molecule has 1 fully saturated rings.